The number of amides is 4. The predicted octanol–water partition coefficient (Wildman–Crippen LogP) is 6.27. The van der Waals surface area contributed by atoms with E-state index in [4.69, 9.17) is 0 Å². The molecule has 1 aliphatic rings. The molecule has 0 aromatic heterocycles. The maximum absolute atomic E-state index is 13.2. The highest BCUT2D eigenvalue weighted by molar-refractivity contribution is 6.00. The summed E-state index contributed by atoms with van der Waals surface area (Å²) in [6.07, 6.45) is 4.01. The molecule has 1 heterocycles. The molecule has 6 heteroatoms. The number of hydrogen-bond acceptors (Lipinski definition) is 2. The first-order valence-corrected chi connectivity index (χ1v) is 11.4. The number of likely N-dealkylation sites (tertiary alicyclic amines) is 1. The fourth-order valence-corrected chi connectivity index (χ4v) is 4.20. The summed E-state index contributed by atoms with van der Waals surface area (Å²) in [4.78, 5) is 27.5. The van der Waals surface area contributed by atoms with E-state index < -0.39 is 0 Å². The topological polar surface area (TPSA) is 73.5 Å². The Bertz CT molecular complexity index is 1090. The summed E-state index contributed by atoms with van der Waals surface area (Å²) >= 11 is 0. The minimum absolute atomic E-state index is 0.0929. The van der Waals surface area contributed by atoms with Crippen molar-refractivity contribution in [2.75, 3.05) is 22.5 Å². The zero-order valence-electron chi connectivity index (χ0n) is 18.9. The SMILES string of the molecule is Cc1ccc(NC(=O)Nc2ccccc2)cc1NC(=O)N1CCCCC1Cc1ccccc1. The van der Waals surface area contributed by atoms with E-state index in [1.807, 2.05) is 72.5 Å². The Morgan fingerprint density at radius 3 is 2.30 bits per heavy atom. The van der Waals surface area contributed by atoms with Gasteiger partial charge >= 0.3 is 12.1 Å². The second-order valence-electron chi connectivity index (χ2n) is 8.44. The summed E-state index contributed by atoms with van der Waals surface area (Å²) in [5.41, 5.74) is 4.21. The number of nitrogens with one attached hydrogen (secondary N) is 3. The number of aryl methyl sites for hydroxylation is 1. The fourth-order valence-electron chi connectivity index (χ4n) is 4.20. The van der Waals surface area contributed by atoms with Gasteiger partial charge in [0.2, 0.25) is 0 Å². The molecule has 0 saturated carbocycles. The van der Waals surface area contributed by atoms with Crippen molar-refractivity contribution in [1.29, 1.82) is 0 Å². The van der Waals surface area contributed by atoms with Gasteiger partial charge in [-0.15, -0.1) is 0 Å². The van der Waals surface area contributed by atoms with Gasteiger partial charge < -0.3 is 20.9 Å². The summed E-state index contributed by atoms with van der Waals surface area (Å²) < 4.78 is 0. The van der Waals surface area contributed by atoms with Crippen LogP contribution in [0.4, 0.5) is 26.7 Å². The van der Waals surface area contributed by atoms with E-state index in [2.05, 4.69) is 28.1 Å². The van der Waals surface area contributed by atoms with Crippen LogP contribution in [0.3, 0.4) is 0 Å². The van der Waals surface area contributed by atoms with Crippen LogP contribution in [-0.4, -0.2) is 29.5 Å². The third-order valence-electron chi connectivity index (χ3n) is 5.97. The number of piperidine rings is 1. The Hall–Kier alpha value is -3.80. The lowest BCUT2D eigenvalue weighted by Gasteiger charge is -2.36. The number of hydrogen-bond donors (Lipinski definition) is 3. The molecule has 3 aromatic carbocycles. The Labute approximate surface area is 195 Å². The van der Waals surface area contributed by atoms with Crippen LogP contribution in [-0.2, 0) is 6.42 Å². The molecule has 4 rings (SSSR count). The van der Waals surface area contributed by atoms with E-state index in [1.54, 1.807) is 6.07 Å². The summed E-state index contributed by atoms with van der Waals surface area (Å²) in [6.45, 7) is 2.70. The first-order valence-electron chi connectivity index (χ1n) is 11.4. The van der Waals surface area contributed by atoms with Crippen LogP contribution in [0.15, 0.2) is 78.9 Å². The van der Waals surface area contributed by atoms with Crippen LogP contribution in [0.25, 0.3) is 0 Å². The van der Waals surface area contributed by atoms with Gasteiger partial charge in [0, 0.05) is 29.6 Å². The van der Waals surface area contributed by atoms with Gasteiger partial charge in [0.05, 0.1) is 0 Å². The van der Waals surface area contributed by atoms with Crippen molar-refractivity contribution in [1.82, 2.24) is 4.90 Å². The number of benzene rings is 3. The number of carbonyl (C=O) groups excluding carboxylic acids is 2. The van der Waals surface area contributed by atoms with Gasteiger partial charge in [-0.25, -0.2) is 9.59 Å². The zero-order valence-corrected chi connectivity index (χ0v) is 18.9. The Kier molecular flexibility index (Phi) is 7.25. The normalized spacial score (nSPS) is 15.5. The van der Waals surface area contributed by atoms with E-state index in [1.165, 1.54) is 5.56 Å². The lowest BCUT2D eigenvalue weighted by molar-refractivity contribution is 0.162. The molecule has 1 atom stereocenters. The van der Waals surface area contributed by atoms with Crippen LogP contribution >= 0.6 is 0 Å². The summed E-state index contributed by atoms with van der Waals surface area (Å²) in [7, 11) is 0. The molecule has 33 heavy (non-hydrogen) atoms. The Morgan fingerprint density at radius 2 is 1.55 bits per heavy atom. The van der Waals surface area contributed by atoms with Gasteiger partial charge in [-0.1, -0.05) is 54.6 Å². The maximum atomic E-state index is 13.2. The molecule has 4 amide bonds. The average molecular weight is 443 g/mol. The zero-order chi connectivity index (χ0) is 23.0. The summed E-state index contributed by atoms with van der Waals surface area (Å²) in [6, 6.07) is 24.9. The van der Waals surface area contributed by atoms with Crippen LogP contribution in [0.1, 0.15) is 30.4 Å². The Balaban J connectivity index is 1.41. The molecule has 3 N–H and O–H groups in total. The van der Waals surface area contributed by atoms with E-state index in [-0.39, 0.29) is 18.1 Å². The number of anilines is 3. The van der Waals surface area contributed by atoms with Crippen molar-refractivity contribution < 1.29 is 9.59 Å². The second kappa shape index (κ2) is 10.7. The van der Waals surface area contributed by atoms with Gasteiger partial charge in [-0.2, -0.15) is 0 Å². The molecule has 1 aliphatic heterocycles. The minimum Gasteiger partial charge on any atom is -0.321 e. The molecule has 170 valence electrons. The van der Waals surface area contributed by atoms with E-state index in [0.29, 0.717) is 17.1 Å². The maximum Gasteiger partial charge on any atom is 0.323 e. The second-order valence-corrected chi connectivity index (χ2v) is 8.44. The third kappa shape index (κ3) is 6.13. The number of urea groups is 2. The first kappa shape index (κ1) is 22.4. The largest absolute Gasteiger partial charge is 0.323 e. The van der Waals surface area contributed by atoms with Crippen LogP contribution in [0.2, 0.25) is 0 Å². The van der Waals surface area contributed by atoms with Crippen molar-refractivity contribution in [3.05, 3.63) is 90.0 Å². The smallest absolute Gasteiger partial charge is 0.321 e. The van der Waals surface area contributed by atoms with Crippen LogP contribution < -0.4 is 16.0 Å². The predicted molar refractivity (Wildman–Crippen MR) is 134 cm³/mol. The molecule has 3 aromatic rings. The molecule has 0 radical (unpaired) electrons. The van der Waals surface area contributed by atoms with Gasteiger partial charge in [0.1, 0.15) is 0 Å². The van der Waals surface area contributed by atoms with Crippen molar-refractivity contribution in [3.63, 3.8) is 0 Å². The molecule has 1 saturated heterocycles. The number of nitrogens with zero attached hydrogens (tertiary/aromatic N) is 1. The highest BCUT2D eigenvalue weighted by atomic mass is 16.2. The van der Waals surface area contributed by atoms with E-state index in [9.17, 15) is 9.59 Å². The number of rotatable bonds is 5. The summed E-state index contributed by atoms with van der Waals surface area (Å²) in [5.74, 6) is 0. The van der Waals surface area contributed by atoms with Crippen LogP contribution in [0.5, 0.6) is 0 Å². The van der Waals surface area contributed by atoms with Gasteiger partial charge in [-0.05, 0) is 68.0 Å². The van der Waals surface area contributed by atoms with Crippen molar-refractivity contribution in [3.8, 4) is 0 Å². The van der Waals surface area contributed by atoms with Gasteiger partial charge in [-0.3, -0.25) is 0 Å². The Morgan fingerprint density at radius 1 is 0.848 bits per heavy atom. The highest BCUT2D eigenvalue weighted by Crippen LogP contribution is 2.25. The lowest BCUT2D eigenvalue weighted by atomic mass is 9.96. The highest BCUT2D eigenvalue weighted by Gasteiger charge is 2.27. The third-order valence-corrected chi connectivity index (χ3v) is 5.97. The monoisotopic (exact) mass is 442 g/mol. The minimum atomic E-state index is -0.332. The molecule has 1 unspecified atom stereocenters. The fraction of sp³-hybridized carbons (Fsp3) is 0.259. The van der Waals surface area contributed by atoms with Crippen molar-refractivity contribution in [2.45, 2.75) is 38.6 Å². The first-order chi connectivity index (χ1) is 16.1. The molecular weight excluding hydrogens is 412 g/mol. The summed E-state index contributed by atoms with van der Waals surface area (Å²) in [5, 5.41) is 8.71. The number of para-hydroxylation sites is 1. The number of carbonyl (C=O) groups is 2. The van der Waals surface area contributed by atoms with E-state index in [0.717, 1.165) is 37.8 Å². The van der Waals surface area contributed by atoms with Crippen LogP contribution in [0, 0.1) is 6.92 Å². The van der Waals surface area contributed by atoms with Crippen molar-refractivity contribution in [2.24, 2.45) is 0 Å². The van der Waals surface area contributed by atoms with Crippen molar-refractivity contribution >= 4 is 29.1 Å². The lowest BCUT2D eigenvalue weighted by Crippen LogP contribution is -2.47. The molecule has 1 fully saturated rings. The molecule has 6 nitrogen and oxygen atoms in total. The molecular formula is C27H30N4O2. The molecule has 0 spiro atoms. The van der Waals surface area contributed by atoms with Gasteiger partial charge in [0.15, 0.2) is 0 Å². The van der Waals surface area contributed by atoms with Gasteiger partial charge in [0.25, 0.3) is 0 Å². The quantitative estimate of drug-likeness (QED) is 0.436. The average Bonchev–Trinajstić information content (AvgIpc) is 2.83. The molecule has 0 aliphatic carbocycles. The molecule has 0 bridgehead atoms. The van der Waals surface area contributed by atoms with E-state index >= 15 is 0 Å². The standard InChI is InChI=1S/C27H30N4O2/c1-20-15-16-23(29-26(32)28-22-12-6-3-7-13-22)19-25(20)30-27(33)31-17-9-8-14-24(31)18-21-10-4-2-5-11-21/h2-7,10-13,15-16,19,24H,8-9,14,17-18H2,1H3,(H,30,33)(H2,28,29,32).